The fourth-order valence-corrected chi connectivity index (χ4v) is 1.96. The average molecular weight is 342 g/mol. The van der Waals surface area contributed by atoms with Crippen LogP contribution < -0.4 is 5.32 Å². The molecule has 0 aliphatic carbocycles. The van der Waals surface area contributed by atoms with Gasteiger partial charge in [0.2, 0.25) is 5.76 Å². The molecule has 2 rings (SSSR count). The first-order chi connectivity index (χ1) is 9.49. The van der Waals surface area contributed by atoms with E-state index in [1.807, 2.05) is 0 Å². The molecule has 2 aromatic heterocycles. The van der Waals surface area contributed by atoms with E-state index >= 15 is 0 Å². The summed E-state index contributed by atoms with van der Waals surface area (Å²) >= 11 is 3.16. The lowest BCUT2D eigenvalue weighted by Gasteiger charge is -2.06. The molecule has 0 aromatic carbocycles. The summed E-state index contributed by atoms with van der Waals surface area (Å²) in [5.74, 6) is -1.02. The Morgan fingerprint density at radius 2 is 2.25 bits per heavy atom. The minimum Gasteiger partial charge on any atom is -0.475 e. The highest BCUT2D eigenvalue weighted by atomic mass is 79.9. The maximum Gasteiger partial charge on any atom is 0.371 e. The lowest BCUT2D eigenvalue weighted by Crippen LogP contribution is -2.03. The van der Waals surface area contributed by atoms with Crippen molar-refractivity contribution in [2.45, 2.75) is 6.54 Å². The van der Waals surface area contributed by atoms with E-state index in [2.05, 4.69) is 26.2 Å². The van der Waals surface area contributed by atoms with Crippen LogP contribution in [-0.2, 0) is 6.54 Å². The number of carboxylic acid groups (broad SMARTS) is 1. The smallest absolute Gasteiger partial charge is 0.371 e. The van der Waals surface area contributed by atoms with Crippen molar-refractivity contribution in [2.75, 3.05) is 5.32 Å². The van der Waals surface area contributed by atoms with Crippen LogP contribution in [0.2, 0.25) is 0 Å². The normalized spacial score (nSPS) is 10.2. The highest BCUT2D eigenvalue weighted by Crippen LogP contribution is 2.31. The Balaban J connectivity index is 2.18. The Morgan fingerprint density at radius 3 is 2.85 bits per heavy atom. The molecule has 20 heavy (non-hydrogen) atoms. The number of carboxylic acids is 1. The third kappa shape index (κ3) is 2.94. The van der Waals surface area contributed by atoms with Crippen molar-refractivity contribution >= 4 is 33.3 Å². The lowest BCUT2D eigenvalue weighted by molar-refractivity contribution is -0.384. The van der Waals surface area contributed by atoms with E-state index in [9.17, 15) is 14.9 Å². The van der Waals surface area contributed by atoms with Crippen LogP contribution in [0.3, 0.4) is 0 Å². The summed E-state index contributed by atoms with van der Waals surface area (Å²) in [6.07, 6.45) is 2.54. The van der Waals surface area contributed by atoms with Gasteiger partial charge in [-0.3, -0.25) is 15.1 Å². The summed E-state index contributed by atoms with van der Waals surface area (Å²) in [6, 6.07) is 2.80. The topological polar surface area (TPSA) is 119 Å². The molecule has 0 fully saturated rings. The van der Waals surface area contributed by atoms with Gasteiger partial charge in [0.25, 0.3) is 0 Å². The first-order valence-electron chi connectivity index (χ1n) is 5.33. The molecule has 0 radical (unpaired) electrons. The molecular formula is C11H8BrN3O5. The molecule has 104 valence electrons. The SMILES string of the molecule is O=C(O)c1ccc(CNc2c(Br)cncc2[N+](=O)[O-])o1. The van der Waals surface area contributed by atoms with Crippen molar-refractivity contribution in [2.24, 2.45) is 0 Å². The van der Waals surface area contributed by atoms with Crippen molar-refractivity contribution in [1.29, 1.82) is 0 Å². The molecule has 2 aromatic rings. The number of halogens is 1. The molecule has 9 heteroatoms. The number of rotatable bonds is 5. The maximum absolute atomic E-state index is 10.9. The van der Waals surface area contributed by atoms with Gasteiger partial charge in [0.05, 0.1) is 15.9 Å². The largest absolute Gasteiger partial charge is 0.475 e. The van der Waals surface area contributed by atoms with Crippen LogP contribution in [0.5, 0.6) is 0 Å². The standard InChI is InChI=1S/C11H8BrN3O5/c12-7-4-13-5-8(15(18)19)10(7)14-3-6-1-2-9(20-6)11(16)17/h1-2,4-5H,3H2,(H,13,14)(H,16,17). The monoisotopic (exact) mass is 341 g/mol. The zero-order valence-electron chi connectivity index (χ0n) is 9.87. The van der Waals surface area contributed by atoms with E-state index in [1.54, 1.807) is 0 Å². The second-order valence-corrected chi connectivity index (χ2v) is 4.55. The van der Waals surface area contributed by atoms with Gasteiger partial charge in [-0.2, -0.15) is 0 Å². The first kappa shape index (κ1) is 14.0. The third-order valence-electron chi connectivity index (χ3n) is 2.39. The second-order valence-electron chi connectivity index (χ2n) is 3.70. The Morgan fingerprint density at radius 1 is 1.50 bits per heavy atom. The average Bonchev–Trinajstić information content (AvgIpc) is 2.86. The zero-order chi connectivity index (χ0) is 14.7. The molecule has 2 N–H and O–H groups in total. The van der Waals surface area contributed by atoms with Gasteiger partial charge in [-0.1, -0.05) is 0 Å². The van der Waals surface area contributed by atoms with Crippen LogP contribution in [0.4, 0.5) is 11.4 Å². The molecule has 2 heterocycles. The van der Waals surface area contributed by atoms with E-state index in [1.165, 1.54) is 18.3 Å². The number of furan rings is 1. The van der Waals surface area contributed by atoms with Crippen molar-refractivity contribution in [3.05, 3.63) is 50.6 Å². The lowest BCUT2D eigenvalue weighted by atomic mass is 10.3. The van der Waals surface area contributed by atoms with E-state index in [-0.39, 0.29) is 23.7 Å². The van der Waals surface area contributed by atoms with Crippen molar-refractivity contribution in [3.8, 4) is 0 Å². The minimum absolute atomic E-state index is 0.108. The maximum atomic E-state index is 10.9. The van der Waals surface area contributed by atoms with E-state index < -0.39 is 10.9 Å². The number of hydrogen-bond donors (Lipinski definition) is 2. The van der Waals surface area contributed by atoms with Crippen LogP contribution in [0.1, 0.15) is 16.3 Å². The Hall–Kier alpha value is -2.42. The molecule has 0 saturated carbocycles. The van der Waals surface area contributed by atoms with Gasteiger partial charge in [-0.25, -0.2) is 4.79 Å². The van der Waals surface area contributed by atoms with Crippen LogP contribution in [-0.4, -0.2) is 21.0 Å². The van der Waals surface area contributed by atoms with Crippen LogP contribution >= 0.6 is 15.9 Å². The van der Waals surface area contributed by atoms with Gasteiger partial charge in [-0.15, -0.1) is 0 Å². The molecule has 0 aliphatic rings. The second kappa shape index (κ2) is 5.70. The molecule has 0 aliphatic heterocycles. The number of anilines is 1. The van der Waals surface area contributed by atoms with Crippen molar-refractivity contribution in [1.82, 2.24) is 4.98 Å². The van der Waals surface area contributed by atoms with Gasteiger partial charge < -0.3 is 14.8 Å². The Bertz CT molecular complexity index is 670. The minimum atomic E-state index is -1.17. The number of carbonyl (C=O) groups is 1. The van der Waals surface area contributed by atoms with E-state index in [0.717, 1.165) is 6.20 Å². The van der Waals surface area contributed by atoms with Gasteiger partial charge >= 0.3 is 11.7 Å². The van der Waals surface area contributed by atoms with Crippen LogP contribution in [0.15, 0.2) is 33.4 Å². The van der Waals surface area contributed by atoms with Crippen molar-refractivity contribution in [3.63, 3.8) is 0 Å². The number of hydrogen-bond acceptors (Lipinski definition) is 6. The highest BCUT2D eigenvalue weighted by molar-refractivity contribution is 9.10. The summed E-state index contributed by atoms with van der Waals surface area (Å²) in [6.45, 7) is 0.108. The van der Waals surface area contributed by atoms with Gasteiger partial charge in [0, 0.05) is 6.20 Å². The molecule has 0 atom stereocenters. The van der Waals surface area contributed by atoms with E-state index in [0.29, 0.717) is 10.2 Å². The first-order valence-corrected chi connectivity index (χ1v) is 6.12. The fraction of sp³-hybridized carbons (Fsp3) is 0.0909. The quantitative estimate of drug-likeness (QED) is 0.633. The predicted octanol–water partition coefficient (Wildman–Crippen LogP) is 2.66. The third-order valence-corrected chi connectivity index (χ3v) is 2.99. The van der Waals surface area contributed by atoms with Crippen LogP contribution in [0.25, 0.3) is 0 Å². The van der Waals surface area contributed by atoms with Crippen LogP contribution in [0, 0.1) is 10.1 Å². The predicted molar refractivity (Wildman–Crippen MR) is 71.6 cm³/mol. The summed E-state index contributed by atoms with van der Waals surface area (Å²) in [4.78, 5) is 24.7. The molecule has 0 spiro atoms. The van der Waals surface area contributed by atoms with Crippen molar-refractivity contribution < 1.29 is 19.2 Å². The summed E-state index contributed by atoms with van der Waals surface area (Å²) in [5, 5.41) is 22.4. The Kier molecular flexibility index (Phi) is 3.99. The summed E-state index contributed by atoms with van der Waals surface area (Å²) < 4.78 is 5.47. The fourth-order valence-electron chi connectivity index (χ4n) is 1.50. The number of nitrogens with zero attached hydrogens (tertiary/aromatic N) is 2. The molecule has 8 nitrogen and oxygen atoms in total. The number of nitrogens with one attached hydrogen (secondary N) is 1. The summed E-state index contributed by atoms with van der Waals surface area (Å²) in [7, 11) is 0. The summed E-state index contributed by atoms with van der Waals surface area (Å²) in [5.41, 5.74) is 0.0580. The number of aromatic nitrogens is 1. The number of nitro groups is 1. The zero-order valence-corrected chi connectivity index (χ0v) is 11.5. The number of aromatic carboxylic acids is 1. The van der Waals surface area contributed by atoms with Gasteiger partial charge in [-0.05, 0) is 28.1 Å². The highest BCUT2D eigenvalue weighted by Gasteiger charge is 2.17. The van der Waals surface area contributed by atoms with Gasteiger partial charge in [0.15, 0.2) is 0 Å². The molecular weight excluding hydrogens is 334 g/mol. The molecule has 0 unspecified atom stereocenters. The molecule has 0 bridgehead atoms. The molecule has 0 amide bonds. The number of pyridine rings is 1. The Labute approximate surface area is 120 Å². The van der Waals surface area contributed by atoms with Gasteiger partial charge in [0.1, 0.15) is 17.6 Å². The van der Waals surface area contributed by atoms with E-state index in [4.69, 9.17) is 9.52 Å². The molecule has 0 saturated heterocycles.